The first kappa shape index (κ1) is 24.8. The molecule has 1 fully saturated rings. The van der Waals surface area contributed by atoms with Gasteiger partial charge < -0.3 is 36.1 Å². The molecule has 4 rings (SSSR count). The number of nitrogens with zero attached hydrogens (tertiary/aromatic N) is 2. The third-order valence-electron chi connectivity index (χ3n) is 5.26. The van der Waals surface area contributed by atoms with E-state index in [4.69, 9.17) is 16.3 Å². The van der Waals surface area contributed by atoms with Crippen molar-refractivity contribution >= 4 is 58.0 Å². The third-order valence-corrected chi connectivity index (χ3v) is 5.52. The second kappa shape index (κ2) is 10.9. The van der Waals surface area contributed by atoms with Crippen molar-refractivity contribution in [3.63, 3.8) is 0 Å². The van der Waals surface area contributed by atoms with Crippen molar-refractivity contribution in [2.24, 2.45) is 0 Å². The first-order chi connectivity index (χ1) is 17.3. The van der Waals surface area contributed by atoms with Gasteiger partial charge in [0.15, 0.2) is 6.20 Å². The number of carbonyl (C=O) groups is 3. The average molecular weight is 511 g/mol. The molecule has 0 radical (unpaired) electrons. The largest absolute Gasteiger partial charge is 0.619 e. The number of urea groups is 2. The van der Waals surface area contributed by atoms with E-state index in [1.807, 2.05) is 6.92 Å². The Kier molecular flexibility index (Phi) is 7.52. The van der Waals surface area contributed by atoms with E-state index in [1.54, 1.807) is 47.4 Å². The molecule has 11 nitrogen and oxygen atoms in total. The Hall–Kier alpha value is -4.35. The lowest BCUT2D eigenvalue weighted by molar-refractivity contribution is -0.604. The van der Waals surface area contributed by atoms with E-state index in [0.717, 1.165) is 17.4 Å². The minimum absolute atomic E-state index is 0.0345. The van der Waals surface area contributed by atoms with Crippen LogP contribution in [0.4, 0.5) is 38.0 Å². The van der Waals surface area contributed by atoms with Crippen LogP contribution in [0.3, 0.4) is 0 Å². The number of carbonyl (C=O) groups excluding carboxylic acids is 3. The molecule has 5 amide bonds. The maximum Gasteiger partial charge on any atom is 0.323 e. The molecule has 2 heterocycles. The van der Waals surface area contributed by atoms with Gasteiger partial charge in [0, 0.05) is 34.7 Å². The van der Waals surface area contributed by atoms with Gasteiger partial charge in [0.2, 0.25) is 6.20 Å². The van der Waals surface area contributed by atoms with Crippen molar-refractivity contribution in [3.05, 3.63) is 76.7 Å². The maximum atomic E-state index is 12.6. The molecule has 4 N–H and O–H groups in total. The monoisotopic (exact) mass is 510 g/mol. The minimum Gasteiger partial charge on any atom is -0.619 e. The number of morpholine rings is 1. The van der Waals surface area contributed by atoms with Crippen LogP contribution in [0, 0.1) is 12.1 Å². The fourth-order valence-electron chi connectivity index (χ4n) is 3.60. The summed E-state index contributed by atoms with van der Waals surface area (Å²) in [6.45, 7) is 2.78. The molecule has 0 saturated carbocycles. The molecule has 36 heavy (non-hydrogen) atoms. The SMILES string of the molecule is Cc1cc(NC(=O)Nc2c[n+]([O-])ccc2NC(=O)Nc2ccc(Cl)cc2)ccc1N1CCOCC1=O. The highest BCUT2D eigenvalue weighted by atomic mass is 35.5. The van der Waals surface area contributed by atoms with Crippen molar-refractivity contribution in [2.45, 2.75) is 6.92 Å². The van der Waals surface area contributed by atoms with E-state index in [0.29, 0.717) is 34.3 Å². The van der Waals surface area contributed by atoms with E-state index in [2.05, 4.69) is 21.3 Å². The minimum atomic E-state index is -0.628. The van der Waals surface area contributed by atoms with E-state index in [1.165, 1.54) is 12.3 Å². The summed E-state index contributed by atoms with van der Waals surface area (Å²) in [5.74, 6) is -0.127. The maximum absolute atomic E-state index is 12.6. The molecule has 0 atom stereocenters. The number of halogens is 1. The fourth-order valence-corrected chi connectivity index (χ4v) is 3.72. The van der Waals surface area contributed by atoms with Crippen LogP contribution in [0.1, 0.15) is 5.56 Å². The summed E-state index contributed by atoms with van der Waals surface area (Å²) in [5.41, 5.74) is 2.82. The van der Waals surface area contributed by atoms with Crippen LogP contribution in [0.2, 0.25) is 5.02 Å². The average Bonchev–Trinajstić information content (AvgIpc) is 2.83. The molecular formula is C24H23ClN6O5. The Labute approximate surface area is 211 Å². The first-order valence-corrected chi connectivity index (χ1v) is 11.3. The second-order valence-corrected chi connectivity index (χ2v) is 8.33. The Morgan fingerprint density at radius 2 is 1.64 bits per heavy atom. The summed E-state index contributed by atoms with van der Waals surface area (Å²) in [6.07, 6.45) is 2.31. The van der Waals surface area contributed by atoms with Gasteiger partial charge in [-0.3, -0.25) is 4.79 Å². The predicted molar refractivity (Wildman–Crippen MR) is 136 cm³/mol. The number of benzene rings is 2. The Morgan fingerprint density at radius 1 is 0.972 bits per heavy atom. The number of rotatable bonds is 5. The van der Waals surface area contributed by atoms with Gasteiger partial charge in [-0.25, -0.2) is 9.59 Å². The zero-order valence-corrected chi connectivity index (χ0v) is 20.0. The van der Waals surface area contributed by atoms with Crippen LogP contribution in [0.15, 0.2) is 60.9 Å². The molecule has 0 bridgehead atoms. The fraction of sp³-hybridized carbons (Fsp3) is 0.167. The number of ether oxygens (including phenoxy) is 1. The Balaban J connectivity index is 1.42. The second-order valence-electron chi connectivity index (χ2n) is 7.90. The van der Waals surface area contributed by atoms with Crippen molar-refractivity contribution in [1.29, 1.82) is 0 Å². The quantitative estimate of drug-likeness (QED) is 0.304. The van der Waals surface area contributed by atoms with E-state index >= 15 is 0 Å². The lowest BCUT2D eigenvalue weighted by Crippen LogP contribution is -2.42. The van der Waals surface area contributed by atoms with Crippen LogP contribution in [0.25, 0.3) is 0 Å². The highest BCUT2D eigenvalue weighted by Gasteiger charge is 2.22. The number of amides is 5. The molecular weight excluding hydrogens is 488 g/mol. The molecule has 186 valence electrons. The van der Waals surface area contributed by atoms with Crippen LogP contribution in [0.5, 0.6) is 0 Å². The molecule has 0 aliphatic carbocycles. The Morgan fingerprint density at radius 3 is 2.33 bits per heavy atom. The standard InChI is InChI=1S/C24H23ClN6O5/c1-15-12-18(6-7-21(15)31-10-11-36-14-22(31)32)27-24(34)29-20-13-30(35)9-8-19(20)28-23(33)26-17-4-2-16(25)3-5-17/h2-9,12-13H,10-11,14H2,1H3,(H2,26,28,33)(H2,27,29,34). The third kappa shape index (κ3) is 6.20. The van der Waals surface area contributed by atoms with E-state index in [9.17, 15) is 19.6 Å². The number of aryl methyl sites for hydroxylation is 1. The van der Waals surface area contributed by atoms with Crippen molar-refractivity contribution < 1.29 is 23.9 Å². The van der Waals surface area contributed by atoms with Crippen LogP contribution >= 0.6 is 11.6 Å². The predicted octanol–water partition coefficient (Wildman–Crippen LogP) is 3.93. The van der Waals surface area contributed by atoms with Crippen molar-refractivity contribution in [1.82, 2.24) is 0 Å². The molecule has 12 heteroatoms. The zero-order chi connectivity index (χ0) is 25.7. The number of anilines is 5. The summed E-state index contributed by atoms with van der Waals surface area (Å²) < 4.78 is 5.66. The summed E-state index contributed by atoms with van der Waals surface area (Å²) in [5, 5.41) is 22.8. The van der Waals surface area contributed by atoms with Gasteiger partial charge in [-0.05, 0) is 55.0 Å². The topological polar surface area (TPSA) is 139 Å². The first-order valence-electron chi connectivity index (χ1n) is 10.9. The number of nitrogens with one attached hydrogen (secondary N) is 4. The summed E-state index contributed by atoms with van der Waals surface area (Å²) in [4.78, 5) is 38.8. The van der Waals surface area contributed by atoms with Gasteiger partial charge in [-0.1, -0.05) is 11.6 Å². The van der Waals surface area contributed by atoms with Crippen LogP contribution < -0.4 is 30.9 Å². The lowest BCUT2D eigenvalue weighted by atomic mass is 10.1. The van der Waals surface area contributed by atoms with E-state index in [-0.39, 0.29) is 23.9 Å². The van der Waals surface area contributed by atoms with Crippen molar-refractivity contribution in [3.8, 4) is 0 Å². The summed E-state index contributed by atoms with van der Waals surface area (Å²) in [7, 11) is 0. The molecule has 1 saturated heterocycles. The number of pyridine rings is 1. The zero-order valence-electron chi connectivity index (χ0n) is 19.2. The molecule has 1 aliphatic heterocycles. The highest BCUT2D eigenvalue weighted by Crippen LogP contribution is 2.26. The molecule has 1 aliphatic rings. The van der Waals surface area contributed by atoms with Crippen molar-refractivity contribution in [2.75, 3.05) is 45.9 Å². The van der Waals surface area contributed by atoms with Gasteiger partial charge >= 0.3 is 12.1 Å². The molecule has 0 unspecified atom stereocenters. The van der Waals surface area contributed by atoms with Gasteiger partial charge in [-0.2, -0.15) is 4.73 Å². The smallest absolute Gasteiger partial charge is 0.323 e. The lowest BCUT2D eigenvalue weighted by Gasteiger charge is -2.28. The molecule has 0 spiro atoms. The van der Waals surface area contributed by atoms with Crippen LogP contribution in [-0.2, 0) is 9.53 Å². The molecule has 1 aromatic heterocycles. The number of hydrogen-bond donors (Lipinski definition) is 4. The Bertz CT molecular complexity index is 1300. The van der Waals surface area contributed by atoms with Gasteiger partial charge in [0.05, 0.1) is 12.3 Å². The highest BCUT2D eigenvalue weighted by molar-refractivity contribution is 6.30. The number of aromatic nitrogens is 1. The summed E-state index contributed by atoms with van der Waals surface area (Å²) >= 11 is 5.85. The normalized spacial score (nSPS) is 13.2. The number of hydrogen-bond acceptors (Lipinski definition) is 5. The van der Waals surface area contributed by atoms with Crippen LogP contribution in [-0.4, -0.2) is 37.7 Å². The van der Waals surface area contributed by atoms with E-state index < -0.39 is 12.1 Å². The van der Waals surface area contributed by atoms with Gasteiger partial charge in [-0.15, -0.1) is 0 Å². The summed E-state index contributed by atoms with van der Waals surface area (Å²) in [6, 6.07) is 11.8. The van der Waals surface area contributed by atoms with Gasteiger partial charge in [0.25, 0.3) is 5.91 Å². The van der Waals surface area contributed by atoms with Gasteiger partial charge in [0.1, 0.15) is 12.3 Å². The molecule has 3 aromatic rings. The molecule has 2 aromatic carbocycles.